The third kappa shape index (κ3) is 3.48. The zero-order valence-electron chi connectivity index (χ0n) is 10.5. The summed E-state index contributed by atoms with van der Waals surface area (Å²) in [6.45, 7) is 4.74. The van der Waals surface area contributed by atoms with Crippen molar-refractivity contribution >= 4 is 0 Å². The molecule has 1 N–H and O–H groups in total. The zero-order chi connectivity index (χ0) is 10.7. The summed E-state index contributed by atoms with van der Waals surface area (Å²) in [4.78, 5) is 0. The molecule has 2 fully saturated rings. The van der Waals surface area contributed by atoms with Crippen molar-refractivity contribution in [3.8, 4) is 0 Å². The van der Waals surface area contributed by atoms with Crippen molar-refractivity contribution in [1.29, 1.82) is 0 Å². The maximum absolute atomic E-state index is 3.88. The van der Waals surface area contributed by atoms with Crippen LogP contribution in [-0.2, 0) is 0 Å². The van der Waals surface area contributed by atoms with E-state index in [9.17, 15) is 0 Å². The third-order valence-electron chi connectivity index (χ3n) is 4.41. The van der Waals surface area contributed by atoms with Crippen molar-refractivity contribution in [3.63, 3.8) is 0 Å². The molecule has 88 valence electrons. The van der Waals surface area contributed by atoms with E-state index < -0.39 is 0 Å². The Balaban J connectivity index is 1.71. The summed E-state index contributed by atoms with van der Waals surface area (Å²) in [5, 5.41) is 3.88. The number of hydrogen-bond donors (Lipinski definition) is 1. The lowest BCUT2D eigenvalue weighted by Gasteiger charge is -2.26. The van der Waals surface area contributed by atoms with Crippen molar-refractivity contribution in [2.24, 2.45) is 11.8 Å². The molecule has 2 rings (SSSR count). The van der Waals surface area contributed by atoms with Gasteiger partial charge in [-0.25, -0.2) is 0 Å². The van der Waals surface area contributed by atoms with Crippen LogP contribution < -0.4 is 5.32 Å². The van der Waals surface area contributed by atoms with E-state index >= 15 is 0 Å². The van der Waals surface area contributed by atoms with Gasteiger partial charge in [-0.1, -0.05) is 32.6 Å². The summed E-state index contributed by atoms with van der Waals surface area (Å²) in [6, 6.07) is 1.56. The monoisotopic (exact) mass is 209 g/mol. The van der Waals surface area contributed by atoms with Crippen molar-refractivity contribution in [3.05, 3.63) is 0 Å². The van der Waals surface area contributed by atoms with Crippen LogP contribution in [0.25, 0.3) is 0 Å². The third-order valence-corrected chi connectivity index (χ3v) is 4.41. The van der Waals surface area contributed by atoms with Crippen molar-refractivity contribution < 1.29 is 0 Å². The Morgan fingerprint density at radius 2 is 1.80 bits per heavy atom. The fraction of sp³-hybridized carbons (Fsp3) is 1.00. The van der Waals surface area contributed by atoms with E-state index in [0.29, 0.717) is 0 Å². The highest BCUT2D eigenvalue weighted by atomic mass is 15.0. The molecule has 2 aliphatic rings. The van der Waals surface area contributed by atoms with Gasteiger partial charge in [0.25, 0.3) is 0 Å². The SMILES string of the molecule is CCC(CC1CC1)NC(C)C1CCCC1. The normalized spacial score (nSPS) is 26.8. The van der Waals surface area contributed by atoms with Gasteiger partial charge >= 0.3 is 0 Å². The topological polar surface area (TPSA) is 12.0 Å². The van der Waals surface area contributed by atoms with E-state index in [1.807, 2.05) is 0 Å². The predicted molar refractivity (Wildman–Crippen MR) is 66.0 cm³/mol. The fourth-order valence-corrected chi connectivity index (χ4v) is 3.07. The van der Waals surface area contributed by atoms with Gasteiger partial charge in [0.15, 0.2) is 0 Å². The van der Waals surface area contributed by atoms with Gasteiger partial charge in [0.1, 0.15) is 0 Å². The van der Waals surface area contributed by atoms with Crippen molar-refractivity contribution in [1.82, 2.24) is 5.32 Å². The second-order valence-electron chi connectivity index (χ2n) is 5.78. The minimum Gasteiger partial charge on any atom is -0.311 e. The molecule has 0 amide bonds. The van der Waals surface area contributed by atoms with Gasteiger partial charge in [-0.2, -0.15) is 0 Å². The van der Waals surface area contributed by atoms with E-state index in [2.05, 4.69) is 19.2 Å². The molecular weight excluding hydrogens is 182 g/mol. The standard InChI is InChI=1S/C14H27N/c1-3-14(10-12-8-9-12)15-11(2)13-6-4-5-7-13/h11-15H,3-10H2,1-2H3. The highest BCUT2D eigenvalue weighted by Crippen LogP contribution is 2.34. The fourth-order valence-electron chi connectivity index (χ4n) is 3.07. The second-order valence-corrected chi connectivity index (χ2v) is 5.78. The Hall–Kier alpha value is -0.0400. The summed E-state index contributed by atoms with van der Waals surface area (Å²) >= 11 is 0. The molecule has 0 aromatic rings. The highest BCUT2D eigenvalue weighted by molar-refractivity contribution is 4.84. The molecule has 0 aliphatic heterocycles. The van der Waals surface area contributed by atoms with E-state index in [0.717, 1.165) is 23.9 Å². The van der Waals surface area contributed by atoms with Crippen LogP contribution in [0.5, 0.6) is 0 Å². The Morgan fingerprint density at radius 3 is 2.33 bits per heavy atom. The number of nitrogens with one attached hydrogen (secondary N) is 1. The van der Waals surface area contributed by atoms with Gasteiger partial charge in [0.05, 0.1) is 0 Å². The molecule has 1 nitrogen and oxygen atoms in total. The van der Waals surface area contributed by atoms with Crippen LogP contribution in [0.1, 0.15) is 65.2 Å². The molecule has 0 aromatic carbocycles. The molecule has 0 radical (unpaired) electrons. The summed E-state index contributed by atoms with van der Waals surface area (Å²) in [7, 11) is 0. The minimum absolute atomic E-state index is 0.760. The van der Waals surface area contributed by atoms with Crippen molar-refractivity contribution in [2.75, 3.05) is 0 Å². The summed E-state index contributed by atoms with van der Waals surface area (Å²) in [6.07, 6.45) is 11.6. The Kier molecular flexibility index (Phi) is 4.07. The summed E-state index contributed by atoms with van der Waals surface area (Å²) < 4.78 is 0. The first kappa shape index (κ1) is 11.4. The van der Waals surface area contributed by atoms with Crippen LogP contribution in [0.4, 0.5) is 0 Å². The van der Waals surface area contributed by atoms with Gasteiger partial charge in [-0.15, -0.1) is 0 Å². The Morgan fingerprint density at radius 1 is 1.13 bits per heavy atom. The maximum atomic E-state index is 3.88. The summed E-state index contributed by atoms with van der Waals surface area (Å²) in [5.41, 5.74) is 0. The minimum atomic E-state index is 0.760. The van der Waals surface area contributed by atoms with Crippen LogP contribution in [0.15, 0.2) is 0 Å². The van der Waals surface area contributed by atoms with Crippen LogP contribution in [-0.4, -0.2) is 12.1 Å². The molecule has 0 bridgehead atoms. The first-order valence-corrected chi connectivity index (χ1v) is 7.05. The average Bonchev–Trinajstić information content (AvgIpc) is 2.88. The van der Waals surface area contributed by atoms with Crippen LogP contribution >= 0.6 is 0 Å². The molecule has 0 aromatic heterocycles. The molecular formula is C14H27N. The number of rotatable bonds is 6. The molecule has 2 aliphatic carbocycles. The maximum Gasteiger partial charge on any atom is 0.00696 e. The molecule has 15 heavy (non-hydrogen) atoms. The molecule has 0 spiro atoms. The van der Waals surface area contributed by atoms with E-state index in [1.165, 1.54) is 51.4 Å². The predicted octanol–water partition coefficient (Wildman–Crippen LogP) is 3.73. The smallest absolute Gasteiger partial charge is 0.00696 e. The zero-order valence-corrected chi connectivity index (χ0v) is 10.5. The van der Waals surface area contributed by atoms with Crippen LogP contribution in [0, 0.1) is 11.8 Å². The average molecular weight is 209 g/mol. The van der Waals surface area contributed by atoms with E-state index in [4.69, 9.17) is 0 Å². The Labute approximate surface area is 95.0 Å². The second kappa shape index (κ2) is 5.34. The largest absolute Gasteiger partial charge is 0.311 e. The molecule has 1 heteroatoms. The van der Waals surface area contributed by atoms with Gasteiger partial charge in [-0.3, -0.25) is 0 Å². The van der Waals surface area contributed by atoms with Crippen LogP contribution in [0.3, 0.4) is 0 Å². The lowest BCUT2D eigenvalue weighted by atomic mass is 9.97. The lowest BCUT2D eigenvalue weighted by molar-refractivity contribution is 0.320. The molecule has 0 saturated heterocycles. The van der Waals surface area contributed by atoms with Gasteiger partial charge in [0.2, 0.25) is 0 Å². The van der Waals surface area contributed by atoms with Crippen LogP contribution in [0.2, 0.25) is 0 Å². The lowest BCUT2D eigenvalue weighted by Crippen LogP contribution is -2.40. The first-order chi connectivity index (χ1) is 7.29. The molecule has 2 saturated carbocycles. The number of hydrogen-bond acceptors (Lipinski definition) is 1. The molecule has 2 unspecified atom stereocenters. The molecule has 2 atom stereocenters. The summed E-state index contributed by atoms with van der Waals surface area (Å²) in [5.74, 6) is 2.04. The van der Waals surface area contributed by atoms with Gasteiger partial charge < -0.3 is 5.32 Å². The van der Waals surface area contributed by atoms with E-state index in [-0.39, 0.29) is 0 Å². The van der Waals surface area contributed by atoms with Crippen molar-refractivity contribution in [2.45, 2.75) is 77.3 Å². The highest BCUT2D eigenvalue weighted by Gasteiger charge is 2.27. The first-order valence-electron chi connectivity index (χ1n) is 7.05. The Bertz CT molecular complexity index is 180. The quantitative estimate of drug-likeness (QED) is 0.703. The van der Waals surface area contributed by atoms with E-state index in [1.54, 1.807) is 0 Å². The van der Waals surface area contributed by atoms with Gasteiger partial charge in [0, 0.05) is 12.1 Å². The molecule has 0 heterocycles. The van der Waals surface area contributed by atoms with Gasteiger partial charge in [-0.05, 0) is 44.4 Å².